The molecular formula is C20H22ClNO5. The molecule has 6 nitrogen and oxygen atoms in total. The van der Waals surface area contributed by atoms with Crippen LogP contribution in [0.1, 0.15) is 28.4 Å². The van der Waals surface area contributed by atoms with Gasteiger partial charge < -0.3 is 19.5 Å². The molecule has 0 aliphatic carbocycles. The number of nitrogens with one attached hydrogen (secondary N) is 1. The molecule has 0 saturated carbocycles. The van der Waals surface area contributed by atoms with Crippen LogP contribution in [0.25, 0.3) is 0 Å². The maximum atomic E-state index is 12.3. The molecule has 2 aromatic carbocycles. The standard InChI is InChI=1S/C20H22ClNO5/c1-12-9-15(21)6-8-17(12)27-13(2)19(23)22-11-14-5-7-18(25-3)16(10-14)20(24)26-4/h5-10,13H,11H2,1-4H3,(H,22,23)/t13-/m1/s1. The number of amides is 1. The minimum Gasteiger partial charge on any atom is -0.496 e. The van der Waals surface area contributed by atoms with Crippen LogP contribution in [0.4, 0.5) is 0 Å². The number of methoxy groups -OCH3 is 2. The van der Waals surface area contributed by atoms with Crippen molar-refractivity contribution in [3.8, 4) is 11.5 Å². The second kappa shape index (κ2) is 9.28. The number of carbonyl (C=O) groups excluding carboxylic acids is 2. The first-order valence-corrected chi connectivity index (χ1v) is 8.69. The van der Waals surface area contributed by atoms with Gasteiger partial charge in [-0.15, -0.1) is 0 Å². The molecule has 0 fully saturated rings. The Hall–Kier alpha value is -2.73. The van der Waals surface area contributed by atoms with E-state index in [-0.39, 0.29) is 12.5 Å². The SMILES string of the molecule is COC(=O)c1cc(CNC(=O)[C@@H](C)Oc2ccc(Cl)cc2C)ccc1OC. The van der Waals surface area contributed by atoms with Crippen LogP contribution in [-0.4, -0.2) is 32.2 Å². The van der Waals surface area contributed by atoms with Crippen molar-refractivity contribution in [2.75, 3.05) is 14.2 Å². The fraction of sp³-hybridized carbons (Fsp3) is 0.300. The molecule has 2 rings (SSSR count). The third-order valence-electron chi connectivity index (χ3n) is 3.95. The van der Waals surface area contributed by atoms with Crippen molar-refractivity contribution in [3.63, 3.8) is 0 Å². The number of carbonyl (C=O) groups is 2. The van der Waals surface area contributed by atoms with E-state index in [0.717, 1.165) is 11.1 Å². The summed E-state index contributed by atoms with van der Waals surface area (Å²) in [5.41, 5.74) is 1.88. The average molecular weight is 392 g/mol. The summed E-state index contributed by atoms with van der Waals surface area (Å²) in [6.45, 7) is 3.76. The highest BCUT2D eigenvalue weighted by Crippen LogP contribution is 2.23. The molecular weight excluding hydrogens is 370 g/mol. The molecule has 2 aromatic rings. The summed E-state index contributed by atoms with van der Waals surface area (Å²) >= 11 is 5.92. The molecule has 0 aromatic heterocycles. The molecule has 0 bridgehead atoms. The van der Waals surface area contributed by atoms with E-state index in [1.165, 1.54) is 14.2 Å². The van der Waals surface area contributed by atoms with Gasteiger partial charge in [-0.1, -0.05) is 17.7 Å². The summed E-state index contributed by atoms with van der Waals surface area (Å²) in [4.78, 5) is 24.2. The van der Waals surface area contributed by atoms with Gasteiger partial charge in [0.05, 0.1) is 14.2 Å². The maximum Gasteiger partial charge on any atom is 0.341 e. The summed E-state index contributed by atoms with van der Waals surface area (Å²) in [5.74, 6) is 0.223. The van der Waals surface area contributed by atoms with Gasteiger partial charge in [0.2, 0.25) is 0 Å². The van der Waals surface area contributed by atoms with Crippen LogP contribution in [0.5, 0.6) is 11.5 Å². The lowest BCUT2D eigenvalue weighted by Crippen LogP contribution is -2.36. The van der Waals surface area contributed by atoms with E-state index in [0.29, 0.717) is 22.1 Å². The Morgan fingerprint density at radius 2 is 1.81 bits per heavy atom. The smallest absolute Gasteiger partial charge is 0.341 e. The molecule has 0 radical (unpaired) electrons. The van der Waals surface area contributed by atoms with Gasteiger partial charge in [-0.25, -0.2) is 4.79 Å². The minimum absolute atomic E-state index is 0.236. The van der Waals surface area contributed by atoms with Gasteiger partial charge in [-0.2, -0.15) is 0 Å². The summed E-state index contributed by atoms with van der Waals surface area (Å²) in [7, 11) is 2.77. The lowest BCUT2D eigenvalue weighted by Gasteiger charge is -2.17. The highest BCUT2D eigenvalue weighted by atomic mass is 35.5. The molecule has 1 amide bonds. The Morgan fingerprint density at radius 3 is 2.44 bits per heavy atom. The van der Waals surface area contributed by atoms with Crippen molar-refractivity contribution in [2.24, 2.45) is 0 Å². The van der Waals surface area contributed by atoms with Crippen molar-refractivity contribution < 1.29 is 23.8 Å². The average Bonchev–Trinajstić information content (AvgIpc) is 2.67. The molecule has 27 heavy (non-hydrogen) atoms. The van der Waals surface area contributed by atoms with Crippen molar-refractivity contribution in [3.05, 3.63) is 58.1 Å². The molecule has 0 spiro atoms. The largest absolute Gasteiger partial charge is 0.496 e. The fourth-order valence-corrected chi connectivity index (χ4v) is 2.68. The van der Waals surface area contributed by atoms with Gasteiger partial charge in [0.1, 0.15) is 17.1 Å². The first kappa shape index (κ1) is 20.6. The molecule has 0 saturated heterocycles. The van der Waals surface area contributed by atoms with Crippen LogP contribution in [0.3, 0.4) is 0 Å². The highest BCUT2D eigenvalue weighted by molar-refractivity contribution is 6.30. The van der Waals surface area contributed by atoms with Crippen LogP contribution in [0.2, 0.25) is 5.02 Å². The van der Waals surface area contributed by atoms with E-state index in [9.17, 15) is 9.59 Å². The van der Waals surface area contributed by atoms with Gasteiger partial charge in [0.15, 0.2) is 6.10 Å². The number of ether oxygens (including phenoxy) is 3. The zero-order chi connectivity index (χ0) is 20.0. The predicted molar refractivity (Wildman–Crippen MR) is 102 cm³/mol. The van der Waals surface area contributed by atoms with Crippen LogP contribution >= 0.6 is 11.6 Å². The minimum atomic E-state index is -0.691. The third-order valence-corrected chi connectivity index (χ3v) is 4.18. The number of hydrogen-bond acceptors (Lipinski definition) is 5. The molecule has 0 aliphatic heterocycles. The van der Waals surface area contributed by atoms with Crippen LogP contribution in [-0.2, 0) is 16.1 Å². The van der Waals surface area contributed by atoms with Crippen LogP contribution in [0, 0.1) is 6.92 Å². The second-order valence-electron chi connectivity index (χ2n) is 5.91. The number of rotatable bonds is 7. The Labute approximate surface area is 163 Å². The Balaban J connectivity index is 2.01. The van der Waals surface area contributed by atoms with Crippen molar-refractivity contribution >= 4 is 23.5 Å². The lowest BCUT2D eigenvalue weighted by atomic mass is 10.1. The van der Waals surface area contributed by atoms with E-state index >= 15 is 0 Å². The quantitative estimate of drug-likeness (QED) is 0.731. The predicted octanol–water partition coefficient (Wildman–Crippen LogP) is 3.53. The molecule has 1 N–H and O–H groups in total. The fourth-order valence-electron chi connectivity index (χ4n) is 2.46. The summed E-state index contributed by atoms with van der Waals surface area (Å²) in [5, 5.41) is 3.40. The van der Waals surface area contributed by atoms with Crippen LogP contribution < -0.4 is 14.8 Å². The second-order valence-corrected chi connectivity index (χ2v) is 6.35. The molecule has 1 atom stereocenters. The monoisotopic (exact) mass is 391 g/mol. The van der Waals surface area contributed by atoms with E-state index in [1.807, 2.05) is 6.92 Å². The van der Waals surface area contributed by atoms with Gasteiger partial charge in [-0.05, 0) is 55.3 Å². The number of benzene rings is 2. The molecule has 144 valence electrons. The first-order valence-electron chi connectivity index (χ1n) is 8.31. The first-order chi connectivity index (χ1) is 12.8. The van der Waals surface area contributed by atoms with Gasteiger partial charge in [-0.3, -0.25) is 4.79 Å². The zero-order valence-corrected chi connectivity index (χ0v) is 16.4. The number of halogens is 1. The summed E-state index contributed by atoms with van der Waals surface area (Å²) in [6, 6.07) is 10.3. The van der Waals surface area contributed by atoms with Crippen molar-refractivity contribution in [1.82, 2.24) is 5.32 Å². The van der Waals surface area contributed by atoms with Gasteiger partial charge in [0, 0.05) is 11.6 Å². The lowest BCUT2D eigenvalue weighted by molar-refractivity contribution is -0.127. The molecule has 0 unspecified atom stereocenters. The van der Waals surface area contributed by atoms with Gasteiger partial charge >= 0.3 is 5.97 Å². The number of esters is 1. The Bertz CT molecular complexity index is 837. The van der Waals surface area contributed by atoms with Crippen molar-refractivity contribution in [2.45, 2.75) is 26.5 Å². The molecule has 0 heterocycles. The Morgan fingerprint density at radius 1 is 1.11 bits per heavy atom. The van der Waals surface area contributed by atoms with Crippen molar-refractivity contribution in [1.29, 1.82) is 0 Å². The zero-order valence-electron chi connectivity index (χ0n) is 15.7. The van der Waals surface area contributed by atoms with E-state index in [1.54, 1.807) is 43.3 Å². The molecule has 7 heteroatoms. The van der Waals surface area contributed by atoms with E-state index < -0.39 is 12.1 Å². The molecule has 0 aliphatic rings. The normalized spacial score (nSPS) is 11.4. The number of hydrogen-bond donors (Lipinski definition) is 1. The van der Waals surface area contributed by atoms with Gasteiger partial charge in [0.25, 0.3) is 5.91 Å². The topological polar surface area (TPSA) is 73.9 Å². The third kappa shape index (κ3) is 5.37. The summed E-state index contributed by atoms with van der Waals surface area (Å²) in [6.07, 6.45) is -0.691. The van der Waals surface area contributed by atoms with E-state index in [4.69, 9.17) is 25.8 Å². The van der Waals surface area contributed by atoms with Crippen LogP contribution in [0.15, 0.2) is 36.4 Å². The Kier molecular flexibility index (Phi) is 7.07. The number of aryl methyl sites for hydroxylation is 1. The maximum absolute atomic E-state index is 12.3. The van der Waals surface area contributed by atoms with E-state index in [2.05, 4.69) is 5.32 Å². The highest BCUT2D eigenvalue weighted by Gasteiger charge is 2.17. The summed E-state index contributed by atoms with van der Waals surface area (Å²) < 4.78 is 15.6.